The maximum atomic E-state index is 5.76. The molecule has 0 fully saturated rings. The Balaban J connectivity index is 1.69. The molecule has 0 radical (unpaired) electrons. The zero-order chi connectivity index (χ0) is 14.0. The number of hydrogen-bond acceptors (Lipinski definition) is 2. The van der Waals surface area contributed by atoms with Gasteiger partial charge in [-0.25, -0.2) is 0 Å². The van der Waals surface area contributed by atoms with E-state index in [1.807, 2.05) is 18.2 Å². The quantitative estimate of drug-likeness (QED) is 0.711. The van der Waals surface area contributed by atoms with E-state index in [4.69, 9.17) is 4.74 Å². The summed E-state index contributed by atoms with van der Waals surface area (Å²) in [7, 11) is 0. The van der Waals surface area contributed by atoms with E-state index < -0.39 is 0 Å². The topological polar surface area (TPSA) is 21.3 Å². The van der Waals surface area contributed by atoms with Gasteiger partial charge in [0.15, 0.2) is 0 Å². The van der Waals surface area contributed by atoms with Gasteiger partial charge in [-0.1, -0.05) is 37.3 Å². The number of hydrogen-bond donors (Lipinski definition) is 1. The summed E-state index contributed by atoms with van der Waals surface area (Å²) < 4.78 is 5.76. The van der Waals surface area contributed by atoms with Crippen LogP contribution in [0.15, 0.2) is 54.6 Å². The van der Waals surface area contributed by atoms with Gasteiger partial charge in [-0.3, -0.25) is 0 Å². The molecule has 2 heteroatoms. The number of nitrogens with one attached hydrogen (secondary N) is 1. The van der Waals surface area contributed by atoms with Crippen LogP contribution in [0.1, 0.15) is 25.3 Å². The Bertz CT molecular complexity index is 479. The van der Waals surface area contributed by atoms with Crippen molar-refractivity contribution in [3.05, 3.63) is 60.2 Å². The second kappa shape index (κ2) is 8.26. The van der Waals surface area contributed by atoms with E-state index >= 15 is 0 Å². The summed E-state index contributed by atoms with van der Waals surface area (Å²) in [4.78, 5) is 0. The van der Waals surface area contributed by atoms with Crippen LogP contribution in [-0.4, -0.2) is 13.2 Å². The van der Waals surface area contributed by atoms with Gasteiger partial charge in [0.05, 0.1) is 6.61 Å². The van der Waals surface area contributed by atoms with E-state index in [0.717, 1.165) is 43.9 Å². The van der Waals surface area contributed by atoms with Gasteiger partial charge >= 0.3 is 0 Å². The van der Waals surface area contributed by atoms with Crippen molar-refractivity contribution in [1.29, 1.82) is 0 Å². The molecule has 0 bridgehead atoms. The van der Waals surface area contributed by atoms with E-state index in [1.165, 1.54) is 5.56 Å². The molecule has 2 aromatic carbocycles. The summed E-state index contributed by atoms with van der Waals surface area (Å²) in [6.07, 6.45) is 3.24. The van der Waals surface area contributed by atoms with Crippen molar-refractivity contribution in [1.82, 2.24) is 0 Å². The smallest absolute Gasteiger partial charge is 0.119 e. The molecule has 0 saturated carbocycles. The first-order valence-corrected chi connectivity index (χ1v) is 7.39. The van der Waals surface area contributed by atoms with Gasteiger partial charge in [0.2, 0.25) is 0 Å². The fourth-order valence-corrected chi connectivity index (χ4v) is 2.05. The van der Waals surface area contributed by atoms with Gasteiger partial charge < -0.3 is 10.1 Å². The highest BCUT2D eigenvalue weighted by Crippen LogP contribution is 2.16. The van der Waals surface area contributed by atoms with Crippen LogP contribution in [0.3, 0.4) is 0 Å². The van der Waals surface area contributed by atoms with E-state index in [-0.39, 0.29) is 0 Å². The molecule has 1 N–H and O–H groups in total. The van der Waals surface area contributed by atoms with Gasteiger partial charge in [-0.15, -0.1) is 0 Å². The third-order valence-corrected chi connectivity index (χ3v) is 3.15. The maximum Gasteiger partial charge on any atom is 0.119 e. The molecule has 0 atom stereocenters. The molecule has 0 aromatic heterocycles. The highest BCUT2D eigenvalue weighted by Gasteiger charge is 1.96. The number of aryl methyl sites for hydroxylation is 1. The first-order chi connectivity index (χ1) is 9.88. The first kappa shape index (κ1) is 14.4. The van der Waals surface area contributed by atoms with Crippen molar-refractivity contribution in [2.45, 2.75) is 26.2 Å². The third-order valence-electron chi connectivity index (χ3n) is 3.15. The van der Waals surface area contributed by atoms with E-state index in [0.29, 0.717) is 0 Å². The Morgan fingerprint density at radius 2 is 1.70 bits per heavy atom. The standard InChI is InChI=1S/C18H23NO/c1-2-14-19-17-10-12-18(13-11-17)20-15-6-9-16-7-4-3-5-8-16/h3-5,7-8,10-13,19H,2,6,9,14-15H2,1H3. The minimum atomic E-state index is 0.761. The van der Waals surface area contributed by atoms with E-state index in [2.05, 4.69) is 48.6 Å². The van der Waals surface area contributed by atoms with Gasteiger partial charge in [0.25, 0.3) is 0 Å². The molecule has 0 aliphatic heterocycles. The average molecular weight is 269 g/mol. The van der Waals surface area contributed by atoms with Crippen LogP contribution in [0.4, 0.5) is 5.69 Å². The van der Waals surface area contributed by atoms with Crippen molar-refractivity contribution in [3.63, 3.8) is 0 Å². The zero-order valence-electron chi connectivity index (χ0n) is 12.1. The highest BCUT2D eigenvalue weighted by molar-refractivity contribution is 5.46. The van der Waals surface area contributed by atoms with E-state index in [1.54, 1.807) is 0 Å². The summed E-state index contributed by atoms with van der Waals surface area (Å²) >= 11 is 0. The summed E-state index contributed by atoms with van der Waals surface area (Å²) in [6, 6.07) is 18.7. The van der Waals surface area contributed by atoms with Gasteiger partial charge in [-0.05, 0) is 49.1 Å². The fourth-order valence-electron chi connectivity index (χ4n) is 2.05. The molecule has 106 valence electrons. The lowest BCUT2D eigenvalue weighted by Crippen LogP contribution is -2.01. The van der Waals surface area contributed by atoms with Gasteiger partial charge in [-0.2, -0.15) is 0 Å². The third kappa shape index (κ3) is 4.96. The molecule has 20 heavy (non-hydrogen) atoms. The monoisotopic (exact) mass is 269 g/mol. The number of anilines is 1. The molecule has 0 heterocycles. The summed E-state index contributed by atoms with van der Waals surface area (Å²) in [5.41, 5.74) is 2.53. The van der Waals surface area contributed by atoms with Crippen molar-refractivity contribution in [2.24, 2.45) is 0 Å². The molecule has 2 aromatic rings. The summed E-state index contributed by atoms with van der Waals surface area (Å²) in [5, 5.41) is 3.35. The normalized spacial score (nSPS) is 10.2. The molecule has 0 spiro atoms. The van der Waals surface area contributed by atoms with E-state index in [9.17, 15) is 0 Å². The number of rotatable bonds is 8. The minimum absolute atomic E-state index is 0.761. The fraction of sp³-hybridized carbons (Fsp3) is 0.333. The zero-order valence-corrected chi connectivity index (χ0v) is 12.1. The average Bonchev–Trinajstić information content (AvgIpc) is 2.52. The molecular formula is C18H23NO. The molecule has 0 saturated heterocycles. The minimum Gasteiger partial charge on any atom is -0.494 e. The van der Waals surface area contributed by atoms with Crippen LogP contribution in [0.2, 0.25) is 0 Å². The van der Waals surface area contributed by atoms with Crippen molar-refractivity contribution < 1.29 is 4.74 Å². The Morgan fingerprint density at radius 1 is 0.950 bits per heavy atom. The lowest BCUT2D eigenvalue weighted by Gasteiger charge is -2.08. The molecule has 2 nitrogen and oxygen atoms in total. The number of benzene rings is 2. The van der Waals surface area contributed by atoms with Crippen molar-refractivity contribution in [2.75, 3.05) is 18.5 Å². The van der Waals surface area contributed by atoms with Crippen LogP contribution in [0, 0.1) is 0 Å². The Kier molecular flexibility index (Phi) is 5.97. The van der Waals surface area contributed by atoms with Crippen LogP contribution >= 0.6 is 0 Å². The predicted molar refractivity (Wildman–Crippen MR) is 85.5 cm³/mol. The van der Waals surface area contributed by atoms with Crippen LogP contribution in [0.25, 0.3) is 0 Å². The second-order valence-electron chi connectivity index (χ2n) is 4.89. The van der Waals surface area contributed by atoms with Crippen LogP contribution < -0.4 is 10.1 Å². The predicted octanol–water partition coefficient (Wildman–Crippen LogP) is 4.52. The lowest BCUT2D eigenvalue weighted by molar-refractivity contribution is 0.311. The SMILES string of the molecule is CCCNc1ccc(OCCCc2ccccc2)cc1. The Hall–Kier alpha value is -1.96. The molecule has 0 aliphatic rings. The highest BCUT2D eigenvalue weighted by atomic mass is 16.5. The Morgan fingerprint density at radius 3 is 2.40 bits per heavy atom. The lowest BCUT2D eigenvalue weighted by atomic mass is 10.1. The molecule has 0 aliphatic carbocycles. The second-order valence-corrected chi connectivity index (χ2v) is 4.89. The Labute approximate surface area is 121 Å². The van der Waals surface area contributed by atoms with Gasteiger partial charge in [0, 0.05) is 12.2 Å². The van der Waals surface area contributed by atoms with Crippen LogP contribution in [-0.2, 0) is 6.42 Å². The van der Waals surface area contributed by atoms with Crippen molar-refractivity contribution >= 4 is 5.69 Å². The largest absolute Gasteiger partial charge is 0.494 e. The molecular weight excluding hydrogens is 246 g/mol. The van der Waals surface area contributed by atoms with Crippen molar-refractivity contribution in [3.8, 4) is 5.75 Å². The van der Waals surface area contributed by atoms with Crippen LogP contribution in [0.5, 0.6) is 5.75 Å². The summed E-state index contributed by atoms with van der Waals surface area (Å²) in [5.74, 6) is 0.945. The number of ether oxygens (including phenoxy) is 1. The molecule has 0 unspecified atom stereocenters. The first-order valence-electron chi connectivity index (χ1n) is 7.39. The maximum absolute atomic E-state index is 5.76. The summed E-state index contributed by atoms with van der Waals surface area (Å²) in [6.45, 7) is 3.94. The van der Waals surface area contributed by atoms with Gasteiger partial charge in [0.1, 0.15) is 5.75 Å². The molecule has 2 rings (SSSR count). The molecule has 0 amide bonds.